The first-order valence-electron chi connectivity index (χ1n) is 5.33. The molecule has 2 rings (SSSR count). The highest BCUT2D eigenvalue weighted by molar-refractivity contribution is 7.77. The molecular formula is C11H15ClN3OS+. The maximum atomic E-state index is 6.05. The summed E-state index contributed by atoms with van der Waals surface area (Å²) in [6.45, 7) is 3.27. The first-order valence-corrected chi connectivity index (χ1v) is 7.23. The lowest BCUT2D eigenvalue weighted by molar-refractivity contribution is 0.0925. The lowest BCUT2D eigenvalue weighted by atomic mass is 10.3. The van der Waals surface area contributed by atoms with Gasteiger partial charge < -0.3 is 9.30 Å². The second-order valence-electron chi connectivity index (χ2n) is 3.72. The lowest BCUT2D eigenvalue weighted by Crippen LogP contribution is -2.06. The second-order valence-corrected chi connectivity index (χ2v) is 5.16. The van der Waals surface area contributed by atoms with Crippen molar-refractivity contribution in [1.29, 1.82) is 0 Å². The Morgan fingerprint density at radius 2 is 2.29 bits per heavy atom. The number of thiol groups is 1. The van der Waals surface area contributed by atoms with Crippen LogP contribution in [0.2, 0.25) is 5.15 Å². The summed E-state index contributed by atoms with van der Waals surface area (Å²) in [5.74, 6) is 1.05. The first-order chi connectivity index (χ1) is 8.24. The third-order valence-electron chi connectivity index (χ3n) is 2.49. The average Bonchev–Trinajstić information content (AvgIpc) is 2.63. The van der Waals surface area contributed by atoms with Gasteiger partial charge in [-0.1, -0.05) is 11.6 Å². The largest absolute Gasteiger partial charge is 0.356 e. The van der Waals surface area contributed by atoms with Gasteiger partial charge in [-0.05, 0) is 24.2 Å². The lowest BCUT2D eigenvalue weighted by Gasteiger charge is -2.04. The van der Waals surface area contributed by atoms with E-state index in [1.165, 1.54) is 18.1 Å². The number of aromatic nitrogens is 3. The summed E-state index contributed by atoms with van der Waals surface area (Å²) in [5.41, 5.74) is 1.90. The molecule has 17 heavy (non-hydrogen) atoms. The molecule has 2 aromatic rings. The van der Waals surface area contributed by atoms with Gasteiger partial charge in [-0.15, -0.1) is 0 Å². The smallest absolute Gasteiger partial charge is 0.147 e. The minimum Gasteiger partial charge on any atom is -0.356 e. The molecule has 0 spiro atoms. The van der Waals surface area contributed by atoms with Crippen LogP contribution in [0.25, 0.3) is 11.0 Å². The van der Waals surface area contributed by atoms with Crippen LogP contribution in [0.5, 0.6) is 0 Å². The maximum Gasteiger partial charge on any atom is 0.147 e. The molecule has 0 fully saturated rings. The highest BCUT2D eigenvalue weighted by Gasteiger charge is 2.10. The Morgan fingerprint density at radius 1 is 1.47 bits per heavy atom. The number of fused-ring (bicyclic) bond motifs is 1. The summed E-state index contributed by atoms with van der Waals surface area (Å²) in [4.78, 5) is 8.24. The zero-order valence-electron chi connectivity index (χ0n) is 9.85. The van der Waals surface area contributed by atoms with Gasteiger partial charge >= 0.3 is 0 Å². The third kappa shape index (κ3) is 2.73. The molecule has 0 saturated heterocycles. The van der Waals surface area contributed by atoms with Crippen molar-refractivity contribution in [3.8, 4) is 0 Å². The van der Waals surface area contributed by atoms with Crippen LogP contribution in [0.3, 0.4) is 0 Å². The van der Waals surface area contributed by atoms with Crippen molar-refractivity contribution in [2.45, 2.75) is 13.7 Å². The van der Waals surface area contributed by atoms with Crippen LogP contribution in [0, 0.1) is 6.92 Å². The van der Waals surface area contributed by atoms with Crippen molar-refractivity contribution in [1.82, 2.24) is 14.5 Å². The summed E-state index contributed by atoms with van der Waals surface area (Å²) < 4.78 is 7.54. The monoisotopic (exact) mass is 272 g/mol. The fourth-order valence-corrected chi connectivity index (χ4v) is 2.28. The number of nitrogens with zero attached hydrogens (tertiary/aromatic N) is 3. The van der Waals surface area contributed by atoms with Gasteiger partial charge in [-0.2, -0.15) is 0 Å². The summed E-state index contributed by atoms with van der Waals surface area (Å²) in [5, 5.41) is 1.41. The topological polar surface area (TPSA) is 39.9 Å². The molecular weight excluding hydrogens is 258 g/mol. The van der Waals surface area contributed by atoms with E-state index < -0.39 is 0 Å². The Hall–Kier alpha value is -0.780. The number of rotatable bonds is 5. The molecule has 0 aliphatic carbocycles. The Bertz CT molecular complexity index is 515. The van der Waals surface area contributed by atoms with E-state index in [2.05, 4.69) is 16.2 Å². The van der Waals surface area contributed by atoms with E-state index in [0.29, 0.717) is 11.9 Å². The Balaban J connectivity index is 2.21. The van der Waals surface area contributed by atoms with Gasteiger partial charge in [-0.25, -0.2) is 9.97 Å². The average molecular weight is 273 g/mol. The second kappa shape index (κ2) is 5.71. The van der Waals surface area contributed by atoms with E-state index in [4.69, 9.17) is 16.3 Å². The van der Waals surface area contributed by atoms with Crippen LogP contribution >= 0.6 is 11.6 Å². The predicted molar refractivity (Wildman–Crippen MR) is 72.8 cm³/mol. The van der Waals surface area contributed by atoms with E-state index in [-0.39, 0.29) is 0 Å². The van der Waals surface area contributed by atoms with Gasteiger partial charge in [0.2, 0.25) is 0 Å². The van der Waals surface area contributed by atoms with E-state index in [1.807, 2.05) is 17.7 Å². The van der Waals surface area contributed by atoms with Crippen molar-refractivity contribution in [2.24, 2.45) is 0 Å². The van der Waals surface area contributed by atoms with Gasteiger partial charge in [0, 0.05) is 6.20 Å². The third-order valence-corrected chi connectivity index (χ3v) is 3.40. The number of aryl methyl sites for hydroxylation is 1. The molecule has 92 valence electrons. The van der Waals surface area contributed by atoms with E-state index in [9.17, 15) is 0 Å². The number of ether oxygens (including phenoxy) is 1. The van der Waals surface area contributed by atoms with Gasteiger partial charge in [0.15, 0.2) is 0 Å². The van der Waals surface area contributed by atoms with Crippen LogP contribution in [0.15, 0.2) is 12.5 Å². The quantitative estimate of drug-likeness (QED) is 0.361. The molecule has 2 aromatic heterocycles. The zero-order valence-corrected chi connectivity index (χ0v) is 11.5. The van der Waals surface area contributed by atoms with Crippen LogP contribution in [-0.2, 0) is 23.2 Å². The summed E-state index contributed by atoms with van der Waals surface area (Å²) >= 11 is 7.40. The molecule has 4 nitrogen and oxygen atoms in total. The van der Waals surface area contributed by atoms with Crippen molar-refractivity contribution in [3.63, 3.8) is 0 Å². The highest BCUT2D eigenvalue weighted by atomic mass is 35.5. The zero-order chi connectivity index (χ0) is 12.3. The molecule has 0 atom stereocenters. The van der Waals surface area contributed by atoms with E-state index in [1.54, 1.807) is 0 Å². The molecule has 0 N–H and O–H groups in total. The van der Waals surface area contributed by atoms with Gasteiger partial charge in [0.25, 0.3) is 0 Å². The normalized spacial score (nSPS) is 11.2. The molecule has 0 amide bonds. The fourth-order valence-electron chi connectivity index (χ4n) is 1.69. The van der Waals surface area contributed by atoms with Crippen molar-refractivity contribution >= 4 is 34.4 Å². The van der Waals surface area contributed by atoms with E-state index in [0.717, 1.165) is 29.0 Å². The number of hydrogen-bond acceptors (Lipinski definition) is 3. The highest BCUT2D eigenvalue weighted by Crippen LogP contribution is 2.24. The minimum absolute atomic E-state index is 0.498. The van der Waals surface area contributed by atoms with Gasteiger partial charge in [0.05, 0.1) is 18.2 Å². The summed E-state index contributed by atoms with van der Waals surface area (Å²) in [6.07, 6.45) is 5.59. The predicted octanol–water partition coefficient (Wildman–Crippen LogP) is 1.81. The molecule has 0 aliphatic rings. The molecule has 2 heterocycles. The Morgan fingerprint density at radius 3 is 3.06 bits per heavy atom. The SMILES string of the molecule is C[SH+]CCOCn1cc(C)c2c(Cl)ncnc21. The first kappa shape index (κ1) is 12.7. The molecule has 0 aliphatic heterocycles. The van der Waals surface area contributed by atoms with E-state index >= 15 is 0 Å². The summed E-state index contributed by atoms with van der Waals surface area (Å²) in [7, 11) is 0. The molecule has 0 saturated carbocycles. The van der Waals surface area contributed by atoms with Crippen LogP contribution < -0.4 is 0 Å². The van der Waals surface area contributed by atoms with Crippen molar-refractivity contribution in [3.05, 3.63) is 23.2 Å². The van der Waals surface area contributed by atoms with Crippen molar-refractivity contribution < 1.29 is 4.74 Å². The van der Waals surface area contributed by atoms with Crippen LogP contribution in [0.4, 0.5) is 0 Å². The molecule has 0 unspecified atom stereocenters. The fraction of sp³-hybridized carbons (Fsp3) is 0.455. The van der Waals surface area contributed by atoms with Crippen molar-refractivity contribution in [2.75, 3.05) is 18.6 Å². The van der Waals surface area contributed by atoms with Crippen LogP contribution in [0.1, 0.15) is 5.56 Å². The number of hydrogen-bond donors (Lipinski definition) is 0. The van der Waals surface area contributed by atoms with Crippen LogP contribution in [-0.4, -0.2) is 33.2 Å². The molecule has 0 radical (unpaired) electrons. The Labute approximate surface area is 109 Å². The molecule has 0 aromatic carbocycles. The summed E-state index contributed by atoms with van der Waals surface area (Å²) in [6, 6.07) is 0. The van der Waals surface area contributed by atoms with Gasteiger partial charge in [-0.3, -0.25) is 0 Å². The number of halogens is 1. The standard InChI is InChI=1S/C11H14ClN3OS/c1-8-5-15(7-16-3-4-17-2)11-9(8)10(12)13-6-14-11/h5-6H,3-4,7H2,1-2H3/p+1. The molecule has 6 heteroatoms. The van der Waals surface area contributed by atoms with Gasteiger partial charge in [0.1, 0.15) is 29.6 Å². The maximum absolute atomic E-state index is 6.05. The Kier molecular flexibility index (Phi) is 4.25. The molecule has 0 bridgehead atoms. The minimum atomic E-state index is 0.498.